The fourth-order valence-electron chi connectivity index (χ4n) is 2.90. The number of nitrogens with zero attached hydrogens (tertiary/aromatic N) is 1. The Hall–Kier alpha value is -2.12. The van der Waals surface area contributed by atoms with Gasteiger partial charge >= 0.3 is 0 Å². The van der Waals surface area contributed by atoms with Crippen LogP contribution < -0.4 is 10.1 Å². The molecular weight excluding hydrogens is 475 g/mol. The number of nitrogens with one attached hydrogen (secondary N) is 1. The monoisotopic (exact) mass is 498 g/mol. The zero-order chi connectivity index (χ0) is 22.3. The van der Waals surface area contributed by atoms with Crippen molar-refractivity contribution >= 4 is 39.3 Å². The molecule has 2 aromatic rings. The second-order valence-electron chi connectivity index (χ2n) is 7.10. The third-order valence-corrected chi connectivity index (χ3v) is 5.18. The Morgan fingerprint density at radius 2 is 1.87 bits per heavy atom. The van der Waals surface area contributed by atoms with Crippen molar-refractivity contribution in [3.8, 4) is 5.75 Å². The molecular formula is C22H25BrClFN2O3. The number of benzene rings is 2. The normalized spacial score (nSPS) is 11.8. The minimum absolute atomic E-state index is 0.0596. The summed E-state index contributed by atoms with van der Waals surface area (Å²) in [4.78, 5) is 27.2. The lowest BCUT2D eigenvalue weighted by Gasteiger charge is -2.31. The first-order valence-electron chi connectivity index (χ1n) is 9.63. The smallest absolute Gasteiger partial charge is 0.261 e. The standard InChI is InChI=1S/C22H25BrClFN2O3/c1-4-19(22(29)26-14(2)3)27(12-15-5-8-17(25)9-6-15)21(28)13-30-20-10-7-16(24)11-18(20)23/h5-11,14,19H,4,12-13H2,1-3H3,(H,26,29)/t19-/m1/s1. The number of ether oxygens (including phenoxy) is 1. The Balaban J connectivity index is 2.22. The van der Waals surface area contributed by atoms with Gasteiger partial charge in [0.05, 0.1) is 4.47 Å². The van der Waals surface area contributed by atoms with Crippen molar-refractivity contribution in [2.24, 2.45) is 0 Å². The summed E-state index contributed by atoms with van der Waals surface area (Å²) in [7, 11) is 0. The Kier molecular flexibility index (Phi) is 9.11. The van der Waals surface area contributed by atoms with E-state index in [4.69, 9.17) is 16.3 Å². The van der Waals surface area contributed by atoms with Crippen LogP contribution in [0.1, 0.15) is 32.8 Å². The van der Waals surface area contributed by atoms with Crippen LogP contribution in [0.15, 0.2) is 46.9 Å². The highest BCUT2D eigenvalue weighted by Crippen LogP contribution is 2.28. The van der Waals surface area contributed by atoms with Gasteiger partial charge in [0.15, 0.2) is 6.61 Å². The number of halogens is 3. The number of amides is 2. The summed E-state index contributed by atoms with van der Waals surface area (Å²) in [6, 6.07) is 10.1. The Morgan fingerprint density at radius 3 is 2.43 bits per heavy atom. The molecule has 0 spiro atoms. The lowest BCUT2D eigenvalue weighted by molar-refractivity contribution is -0.143. The summed E-state index contributed by atoms with van der Waals surface area (Å²) in [6.45, 7) is 5.46. The van der Waals surface area contributed by atoms with E-state index in [9.17, 15) is 14.0 Å². The first kappa shape index (κ1) is 24.2. The first-order valence-corrected chi connectivity index (χ1v) is 10.8. The zero-order valence-corrected chi connectivity index (χ0v) is 19.5. The Labute approximate surface area is 189 Å². The molecule has 2 rings (SSSR count). The molecule has 2 amide bonds. The van der Waals surface area contributed by atoms with Gasteiger partial charge in [0.25, 0.3) is 5.91 Å². The van der Waals surface area contributed by atoms with Crippen LogP contribution in [0, 0.1) is 5.82 Å². The van der Waals surface area contributed by atoms with Gasteiger partial charge < -0.3 is 15.0 Å². The van der Waals surface area contributed by atoms with Gasteiger partial charge in [-0.25, -0.2) is 4.39 Å². The van der Waals surface area contributed by atoms with Crippen molar-refractivity contribution in [3.05, 3.63) is 63.3 Å². The molecule has 0 unspecified atom stereocenters. The van der Waals surface area contributed by atoms with E-state index >= 15 is 0 Å². The van der Waals surface area contributed by atoms with E-state index in [1.54, 1.807) is 30.3 Å². The zero-order valence-electron chi connectivity index (χ0n) is 17.1. The molecule has 0 aliphatic rings. The van der Waals surface area contributed by atoms with E-state index in [1.165, 1.54) is 17.0 Å². The maximum Gasteiger partial charge on any atom is 0.261 e. The molecule has 0 fully saturated rings. The van der Waals surface area contributed by atoms with Gasteiger partial charge in [0, 0.05) is 17.6 Å². The van der Waals surface area contributed by atoms with Crippen LogP contribution in [0.2, 0.25) is 5.02 Å². The van der Waals surface area contributed by atoms with Gasteiger partial charge in [-0.2, -0.15) is 0 Å². The number of hydrogen-bond donors (Lipinski definition) is 1. The van der Waals surface area contributed by atoms with Gasteiger partial charge in [-0.05, 0) is 72.1 Å². The van der Waals surface area contributed by atoms with Crippen LogP contribution in [-0.2, 0) is 16.1 Å². The highest BCUT2D eigenvalue weighted by Gasteiger charge is 2.29. The van der Waals surface area contributed by atoms with E-state index in [0.29, 0.717) is 27.2 Å². The quantitative estimate of drug-likeness (QED) is 0.531. The van der Waals surface area contributed by atoms with Crippen molar-refractivity contribution < 1.29 is 18.7 Å². The van der Waals surface area contributed by atoms with Crippen LogP contribution in [0.4, 0.5) is 4.39 Å². The third kappa shape index (κ3) is 6.99. The topological polar surface area (TPSA) is 58.6 Å². The summed E-state index contributed by atoms with van der Waals surface area (Å²) in [5.41, 5.74) is 0.716. The second-order valence-corrected chi connectivity index (χ2v) is 8.39. The minimum Gasteiger partial charge on any atom is -0.483 e. The molecule has 0 aliphatic heterocycles. The molecule has 0 saturated carbocycles. The summed E-state index contributed by atoms with van der Waals surface area (Å²) in [6.07, 6.45) is 0.427. The number of carbonyl (C=O) groups is 2. The Bertz CT molecular complexity index is 877. The SMILES string of the molecule is CC[C@H](C(=O)NC(C)C)N(Cc1ccc(F)cc1)C(=O)COc1ccc(Cl)cc1Br. The van der Waals surface area contributed by atoms with E-state index in [2.05, 4.69) is 21.2 Å². The molecule has 30 heavy (non-hydrogen) atoms. The number of hydrogen-bond acceptors (Lipinski definition) is 3. The molecule has 1 atom stereocenters. The lowest BCUT2D eigenvalue weighted by atomic mass is 10.1. The average Bonchev–Trinajstić information content (AvgIpc) is 2.68. The van der Waals surface area contributed by atoms with Gasteiger partial charge in [0.1, 0.15) is 17.6 Å². The molecule has 0 aliphatic carbocycles. The van der Waals surface area contributed by atoms with Gasteiger partial charge in [-0.3, -0.25) is 9.59 Å². The summed E-state index contributed by atoms with van der Waals surface area (Å²) < 4.78 is 19.6. The fraction of sp³-hybridized carbons (Fsp3) is 0.364. The van der Waals surface area contributed by atoms with Crippen molar-refractivity contribution in [1.29, 1.82) is 0 Å². The molecule has 162 valence electrons. The summed E-state index contributed by atoms with van der Waals surface area (Å²) >= 11 is 9.29. The minimum atomic E-state index is -0.679. The van der Waals surface area contributed by atoms with Gasteiger partial charge in [-0.15, -0.1) is 0 Å². The highest BCUT2D eigenvalue weighted by atomic mass is 79.9. The molecule has 0 heterocycles. The number of rotatable bonds is 9. The van der Waals surface area contributed by atoms with Crippen LogP contribution >= 0.6 is 27.5 Å². The van der Waals surface area contributed by atoms with Crippen molar-refractivity contribution in [2.45, 2.75) is 45.8 Å². The van der Waals surface area contributed by atoms with Crippen molar-refractivity contribution in [1.82, 2.24) is 10.2 Å². The van der Waals surface area contributed by atoms with E-state index in [-0.39, 0.29) is 36.8 Å². The summed E-state index contributed by atoms with van der Waals surface area (Å²) in [5, 5.41) is 3.39. The second kappa shape index (κ2) is 11.3. The Morgan fingerprint density at radius 1 is 1.20 bits per heavy atom. The molecule has 0 radical (unpaired) electrons. The largest absolute Gasteiger partial charge is 0.483 e. The highest BCUT2D eigenvalue weighted by molar-refractivity contribution is 9.10. The van der Waals surface area contributed by atoms with Crippen molar-refractivity contribution in [3.63, 3.8) is 0 Å². The number of carbonyl (C=O) groups excluding carboxylic acids is 2. The molecule has 5 nitrogen and oxygen atoms in total. The van der Waals surface area contributed by atoms with E-state index in [0.717, 1.165) is 0 Å². The molecule has 0 bridgehead atoms. The fourth-order valence-corrected chi connectivity index (χ4v) is 3.70. The summed E-state index contributed by atoms with van der Waals surface area (Å²) in [5.74, 6) is -0.492. The van der Waals surface area contributed by atoms with E-state index < -0.39 is 6.04 Å². The maximum absolute atomic E-state index is 13.3. The molecule has 0 aromatic heterocycles. The van der Waals surface area contributed by atoms with Crippen LogP contribution in [0.5, 0.6) is 5.75 Å². The van der Waals surface area contributed by atoms with Gasteiger partial charge in [-0.1, -0.05) is 30.7 Å². The average molecular weight is 500 g/mol. The van der Waals surface area contributed by atoms with Gasteiger partial charge in [0.2, 0.25) is 5.91 Å². The molecule has 0 saturated heterocycles. The van der Waals surface area contributed by atoms with Crippen LogP contribution in [-0.4, -0.2) is 35.4 Å². The predicted octanol–water partition coefficient (Wildman–Crippen LogP) is 4.95. The van der Waals surface area contributed by atoms with Crippen LogP contribution in [0.25, 0.3) is 0 Å². The van der Waals surface area contributed by atoms with E-state index in [1.807, 2.05) is 20.8 Å². The molecule has 8 heteroatoms. The lowest BCUT2D eigenvalue weighted by Crippen LogP contribution is -2.51. The van der Waals surface area contributed by atoms with Crippen molar-refractivity contribution in [2.75, 3.05) is 6.61 Å². The maximum atomic E-state index is 13.3. The first-order chi connectivity index (χ1) is 14.2. The van der Waals surface area contributed by atoms with Crippen LogP contribution in [0.3, 0.4) is 0 Å². The molecule has 2 aromatic carbocycles. The molecule has 1 N–H and O–H groups in total. The predicted molar refractivity (Wildman–Crippen MR) is 119 cm³/mol. The third-order valence-electron chi connectivity index (χ3n) is 4.33.